The van der Waals surface area contributed by atoms with E-state index in [4.69, 9.17) is 11.6 Å². The average Bonchev–Trinajstić information content (AvgIpc) is 2.17. The largest absolute Gasteiger partial charge is 0.207 e. The minimum atomic E-state index is -0.150. The van der Waals surface area contributed by atoms with Gasteiger partial charge in [-0.25, -0.2) is 4.39 Å². The maximum absolute atomic E-state index is 13.6. The molecule has 1 atom stereocenters. The smallest absolute Gasteiger partial charge is 0.126 e. The molecule has 1 rings (SSSR count). The SMILES string of the molecule is CC(C)(C)C(CCl)Cc1cc(Br)ccc1F. The molecule has 90 valence electrons. The maximum atomic E-state index is 13.6. The Labute approximate surface area is 110 Å². The molecule has 0 radical (unpaired) electrons. The molecule has 1 unspecified atom stereocenters. The molecule has 0 nitrogen and oxygen atoms in total. The van der Waals surface area contributed by atoms with Gasteiger partial charge in [-0.1, -0.05) is 36.7 Å². The van der Waals surface area contributed by atoms with E-state index < -0.39 is 0 Å². The van der Waals surface area contributed by atoms with Crippen molar-refractivity contribution in [3.8, 4) is 0 Å². The van der Waals surface area contributed by atoms with E-state index in [0.717, 1.165) is 10.0 Å². The number of benzene rings is 1. The first-order chi connectivity index (χ1) is 7.34. The Morgan fingerprint density at radius 1 is 1.38 bits per heavy atom. The summed E-state index contributed by atoms with van der Waals surface area (Å²) in [5, 5.41) is 0. The average molecular weight is 308 g/mol. The van der Waals surface area contributed by atoms with Crippen molar-refractivity contribution in [1.82, 2.24) is 0 Å². The molecule has 0 spiro atoms. The molecule has 0 bridgehead atoms. The van der Waals surface area contributed by atoms with Crippen LogP contribution in [0.25, 0.3) is 0 Å². The number of hydrogen-bond donors (Lipinski definition) is 0. The lowest BCUT2D eigenvalue weighted by molar-refractivity contribution is 0.262. The second-order valence-electron chi connectivity index (χ2n) is 5.16. The summed E-state index contributed by atoms with van der Waals surface area (Å²) in [4.78, 5) is 0. The molecular formula is C13H17BrClF. The Hall–Kier alpha value is -0.0800. The Bertz CT molecular complexity index is 357. The standard InChI is InChI=1S/C13H17BrClF/c1-13(2,3)10(8-15)6-9-7-11(14)4-5-12(9)16/h4-5,7,10H,6,8H2,1-3H3. The van der Waals surface area contributed by atoms with E-state index >= 15 is 0 Å². The van der Waals surface area contributed by atoms with Crippen LogP contribution in [0.2, 0.25) is 0 Å². The quantitative estimate of drug-likeness (QED) is 0.687. The van der Waals surface area contributed by atoms with E-state index in [1.165, 1.54) is 6.07 Å². The van der Waals surface area contributed by atoms with Crippen molar-refractivity contribution in [3.63, 3.8) is 0 Å². The third-order valence-corrected chi connectivity index (χ3v) is 3.75. The number of alkyl halides is 1. The van der Waals surface area contributed by atoms with E-state index in [9.17, 15) is 4.39 Å². The molecule has 0 aliphatic carbocycles. The summed E-state index contributed by atoms with van der Waals surface area (Å²) in [7, 11) is 0. The lowest BCUT2D eigenvalue weighted by atomic mass is 9.78. The van der Waals surface area contributed by atoms with Crippen LogP contribution >= 0.6 is 27.5 Å². The first kappa shape index (κ1) is 14.0. The molecule has 16 heavy (non-hydrogen) atoms. The number of hydrogen-bond acceptors (Lipinski definition) is 0. The summed E-state index contributed by atoms with van der Waals surface area (Å²) in [5.41, 5.74) is 0.825. The van der Waals surface area contributed by atoms with E-state index in [1.54, 1.807) is 6.07 Å². The lowest BCUT2D eigenvalue weighted by Crippen LogP contribution is -2.24. The highest BCUT2D eigenvalue weighted by molar-refractivity contribution is 9.10. The highest BCUT2D eigenvalue weighted by Crippen LogP contribution is 2.31. The Morgan fingerprint density at radius 2 is 2.00 bits per heavy atom. The zero-order valence-corrected chi connectivity index (χ0v) is 12.2. The molecule has 0 aliphatic heterocycles. The van der Waals surface area contributed by atoms with Gasteiger partial charge in [0.2, 0.25) is 0 Å². The first-order valence-corrected chi connectivity index (χ1v) is 6.67. The van der Waals surface area contributed by atoms with Crippen LogP contribution in [-0.2, 0) is 6.42 Å². The lowest BCUT2D eigenvalue weighted by Gasteiger charge is -2.29. The molecule has 1 aromatic carbocycles. The minimum Gasteiger partial charge on any atom is -0.207 e. The zero-order chi connectivity index (χ0) is 12.3. The van der Waals surface area contributed by atoms with Gasteiger partial charge in [-0.3, -0.25) is 0 Å². The van der Waals surface area contributed by atoms with Crippen molar-refractivity contribution in [2.45, 2.75) is 27.2 Å². The summed E-state index contributed by atoms with van der Waals surface area (Å²) in [5.74, 6) is 0.677. The normalized spacial score (nSPS) is 13.9. The van der Waals surface area contributed by atoms with Gasteiger partial charge in [0.1, 0.15) is 5.82 Å². The summed E-state index contributed by atoms with van der Waals surface area (Å²) in [6.07, 6.45) is 0.679. The van der Waals surface area contributed by atoms with Gasteiger partial charge in [0.15, 0.2) is 0 Å². The zero-order valence-electron chi connectivity index (χ0n) is 9.86. The molecule has 0 aromatic heterocycles. The predicted octanol–water partition coefficient (Wildman–Crippen LogP) is 5.03. The van der Waals surface area contributed by atoms with Gasteiger partial charge in [-0.2, -0.15) is 0 Å². The van der Waals surface area contributed by atoms with Crippen LogP contribution < -0.4 is 0 Å². The van der Waals surface area contributed by atoms with Crippen LogP contribution in [0.1, 0.15) is 26.3 Å². The van der Waals surface area contributed by atoms with Gasteiger partial charge in [0, 0.05) is 10.4 Å². The van der Waals surface area contributed by atoms with E-state index in [0.29, 0.717) is 12.3 Å². The van der Waals surface area contributed by atoms with E-state index in [2.05, 4.69) is 36.7 Å². The summed E-state index contributed by atoms with van der Waals surface area (Å²) >= 11 is 9.32. The molecule has 0 heterocycles. The Kier molecular flexibility index (Phi) is 4.81. The van der Waals surface area contributed by atoms with Crippen molar-refractivity contribution in [2.75, 3.05) is 5.88 Å². The Morgan fingerprint density at radius 3 is 2.50 bits per heavy atom. The maximum Gasteiger partial charge on any atom is 0.126 e. The van der Waals surface area contributed by atoms with Crippen molar-refractivity contribution < 1.29 is 4.39 Å². The second-order valence-corrected chi connectivity index (χ2v) is 6.38. The van der Waals surface area contributed by atoms with Crippen LogP contribution in [0.3, 0.4) is 0 Å². The van der Waals surface area contributed by atoms with E-state index in [1.807, 2.05) is 6.07 Å². The monoisotopic (exact) mass is 306 g/mol. The molecule has 0 saturated heterocycles. The highest BCUT2D eigenvalue weighted by Gasteiger charge is 2.24. The summed E-state index contributed by atoms with van der Waals surface area (Å²) < 4.78 is 14.5. The fourth-order valence-corrected chi connectivity index (χ4v) is 2.54. The van der Waals surface area contributed by atoms with Crippen molar-refractivity contribution >= 4 is 27.5 Å². The van der Waals surface area contributed by atoms with Crippen LogP contribution in [-0.4, -0.2) is 5.88 Å². The summed E-state index contributed by atoms with van der Waals surface area (Å²) in [6.45, 7) is 6.40. The van der Waals surface area contributed by atoms with Crippen LogP contribution in [0, 0.1) is 17.2 Å². The number of rotatable bonds is 3. The van der Waals surface area contributed by atoms with Gasteiger partial charge in [-0.15, -0.1) is 11.6 Å². The predicted molar refractivity (Wildman–Crippen MR) is 71.5 cm³/mol. The van der Waals surface area contributed by atoms with Crippen molar-refractivity contribution in [1.29, 1.82) is 0 Å². The summed E-state index contributed by atoms with van der Waals surface area (Å²) in [6, 6.07) is 5.04. The minimum absolute atomic E-state index is 0.0938. The molecule has 0 fully saturated rings. The second kappa shape index (κ2) is 5.50. The van der Waals surface area contributed by atoms with Crippen LogP contribution in [0.5, 0.6) is 0 Å². The molecule has 0 aliphatic rings. The van der Waals surface area contributed by atoms with Gasteiger partial charge in [0.05, 0.1) is 0 Å². The molecule has 1 aromatic rings. The van der Waals surface area contributed by atoms with Gasteiger partial charge in [-0.05, 0) is 41.5 Å². The highest BCUT2D eigenvalue weighted by atomic mass is 79.9. The molecular weight excluding hydrogens is 290 g/mol. The first-order valence-electron chi connectivity index (χ1n) is 5.34. The van der Waals surface area contributed by atoms with Crippen molar-refractivity contribution in [2.24, 2.45) is 11.3 Å². The topological polar surface area (TPSA) is 0 Å². The van der Waals surface area contributed by atoms with Gasteiger partial charge in [0.25, 0.3) is 0 Å². The Balaban J connectivity index is 2.90. The molecule has 3 heteroatoms. The fraction of sp³-hybridized carbons (Fsp3) is 0.538. The van der Waals surface area contributed by atoms with Crippen LogP contribution in [0.15, 0.2) is 22.7 Å². The third-order valence-electron chi connectivity index (χ3n) is 2.89. The van der Waals surface area contributed by atoms with Gasteiger partial charge < -0.3 is 0 Å². The fourth-order valence-electron chi connectivity index (χ4n) is 1.56. The van der Waals surface area contributed by atoms with Crippen molar-refractivity contribution in [3.05, 3.63) is 34.1 Å². The third kappa shape index (κ3) is 3.74. The molecule has 0 N–H and O–H groups in total. The van der Waals surface area contributed by atoms with E-state index in [-0.39, 0.29) is 17.2 Å². The van der Waals surface area contributed by atoms with Gasteiger partial charge >= 0.3 is 0 Å². The molecule has 0 saturated carbocycles. The van der Waals surface area contributed by atoms with Crippen LogP contribution in [0.4, 0.5) is 4.39 Å². The molecule has 0 amide bonds. The number of halogens is 3.